The maximum Gasteiger partial charge on any atom is 0.119 e. The van der Waals surface area contributed by atoms with Crippen molar-refractivity contribution in [1.82, 2.24) is 0 Å². The lowest BCUT2D eigenvalue weighted by molar-refractivity contribution is 0.256. The van der Waals surface area contributed by atoms with E-state index in [2.05, 4.69) is 64.1 Å². The van der Waals surface area contributed by atoms with E-state index < -0.39 is 0 Å². The first-order valence-corrected chi connectivity index (χ1v) is 8.35. The van der Waals surface area contributed by atoms with E-state index in [1.54, 1.807) is 7.11 Å². The molecule has 0 aliphatic rings. The van der Waals surface area contributed by atoms with Crippen LogP contribution in [-0.2, 0) is 5.41 Å². The number of benzene rings is 2. The summed E-state index contributed by atoms with van der Waals surface area (Å²) in [6, 6.07) is 16.8. The first-order chi connectivity index (χ1) is 11.0. The molecule has 2 aromatic carbocycles. The van der Waals surface area contributed by atoms with Gasteiger partial charge in [-0.1, -0.05) is 58.4 Å². The molecule has 0 saturated heterocycles. The molecule has 2 nitrogen and oxygen atoms in total. The average Bonchev–Trinajstić information content (AvgIpc) is 2.60. The fourth-order valence-corrected chi connectivity index (χ4v) is 2.50. The average molecular weight is 312 g/mol. The van der Waals surface area contributed by atoms with Gasteiger partial charge < -0.3 is 9.47 Å². The lowest BCUT2D eigenvalue weighted by atomic mass is 9.78. The van der Waals surface area contributed by atoms with Crippen molar-refractivity contribution in [3.8, 4) is 11.5 Å². The summed E-state index contributed by atoms with van der Waals surface area (Å²) in [6.07, 6.45) is 1.14. The van der Waals surface area contributed by atoms with Crippen LogP contribution >= 0.6 is 0 Å². The molecule has 2 heteroatoms. The zero-order valence-corrected chi connectivity index (χ0v) is 14.9. The van der Waals surface area contributed by atoms with E-state index in [0.717, 1.165) is 24.5 Å². The number of hydrogen-bond acceptors (Lipinski definition) is 2. The Labute approximate surface area is 140 Å². The molecular formula is C21H28O2. The van der Waals surface area contributed by atoms with Crippen molar-refractivity contribution in [2.24, 2.45) is 5.92 Å². The maximum absolute atomic E-state index is 5.85. The van der Waals surface area contributed by atoms with Crippen molar-refractivity contribution in [3.05, 3.63) is 59.7 Å². The molecule has 0 aliphatic heterocycles. The van der Waals surface area contributed by atoms with Crippen molar-refractivity contribution >= 4 is 0 Å². The van der Waals surface area contributed by atoms with Crippen LogP contribution in [0.2, 0.25) is 0 Å². The Morgan fingerprint density at radius 3 is 1.78 bits per heavy atom. The molecule has 2 rings (SSSR count). The van der Waals surface area contributed by atoms with Gasteiger partial charge in [0.05, 0.1) is 13.7 Å². The minimum absolute atomic E-state index is 0.0541. The molecule has 0 aromatic heterocycles. The van der Waals surface area contributed by atoms with Crippen LogP contribution < -0.4 is 9.47 Å². The van der Waals surface area contributed by atoms with Crippen LogP contribution in [0.15, 0.2) is 48.5 Å². The van der Waals surface area contributed by atoms with Gasteiger partial charge in [0.1, 0.15) is 11.5 Å². The van der Waals surface area contributed by atoms with Crippen molar-refractivity contribution in [3.63, 3.8) is 0 Å². The fraction of sp³-hybridized carbons (Fsp3) is 0.429. The molecule has 23 heavy (non-hydrogen) atoms. The van der Waals surface area contributed by atoms with E-state index in [4.69, 9.17) is 9.47 Å². The lowest BCUT2D eigenvalue weighted by Gasteiger charge is -2.26. The van der Waals surface area contributed by atoms with E-state index in [1.807, 2.05) is 12.1 Å². The highest BCUT2D eigenvalue weighted by molar-refractivity contribution is 5.41. The molecule has 0 amide bonds. The molecule has 124 valence electrons. The van der Waals surface area contributed by atoms with Gasteiger partial charge in [-0.15, -0.1) is 0 Å². The summed E-state index contributed by atoms with van der Waals surface area (Å²) in [4.78, 5) is 0. The Bertz CT molecular complexity index is 597. The van der Waals surface area contributed by atoms with Gasteiger partial charge in [0.25, 0.3) is 0 Å². The summed E-state index contributed by atoms with van der Waals surface area (Å²) in [5.41, 5.74) is 2.49. The first-order valence-electron chi connectivity index (χ1n) is 8.35. The van der Waals surface area contributed by atoms with Crippen LogP contribution in [0.3, 0.4) is 0 Å². The molecule has 0 aliphatic carbocycles. The van der Waals surface area contributed by atoms with Gasteiger partial charge in [-0.2, -0.15) is 0 Å². The van der Waals surface area contributed by atoms with Crippen molar-refractivity contribution < 1.29 is 9.47 Å². The molecule has 0 radical (unpaired) electrons. The van der Waals surface area contributed by atoms with Crippen molar-refractivity contribution in [2.45, 2.75) is 39.5 Å². The minimum Gasteiger partial charge on any atom is -0.497 e. The van der Waals surface area contributed by atoms with E-state index in [0.29, 0.717) is 5.92 Å². The predicted octanol–water partition coefficient (Wildman–Crippen LogP) is 5.45. The normalized spacial score (nSPS) is 12.7. The summed E-state index contributed by atoms with van der Waals surface area (Å²) in [7, 11) is 1.69. The SMILES string of the molecule is CCC(C)COc1ccc(C(C)(C)c2ccc(OC)cc2)cc1. The molecule has 0 N–H and O–H groups in total. The minimum atomic E-state index is -0.0541. The Morgan fingerprint density at radius 1 is 0.870 bits per heavy atom. The van der Waals surface area contributed by atoms with Gasteiger partial charge in [0.15, 0.2) is 0 Å². The number of hydrogen-bond donors (Lipinski definition) is 0. The zero-order valence-electron chi connectivity index (χ0n) is 14.9. The van der Waals surface area contributed by atoms with E-state index >= 15 is 0 Å². The van der Waals surface area contributed by atoms with E-state index in [-0.39, 0.29) is 5.41 Å². The van der Waals surface area contributed by atoms with Crippen LogP contribution in [0.4, 0.5) is 0 Å². The van der Waals surface area contributed by atoms with Gasteiger partial charge in [-0.05, 0) is 41.3 Å². The molecule has 2 aromatic rings. The van der Waals surface area contributed by atoms with Gasteiger partial charge >= 0.3 is 0 Å². The third kappa shape index (κ3) is 4.28. The first kappa shape index (κ1) is 17.4. The van der Waals surface area contributed by atoms with Crippen molar-refractivity contribution in [2.75, 3.05) is 13.7 Å². The molecule has 0 bridgehead atoms. The van der Waals surface area contributed by atoms with E-state index in [9.17, 15) is 0 Å². The zero-order chi connectivity index (χ0) is 16.9. The van der Waals surface area contributed by atoms with Crippen LogP contribution in [0.25, 0.3) is 0 Å². The lowest BCUT2D eigenvalue weighted by Crippen LogP contribution is -2.18. The quantitative estimate of drug-likeness (QED) is 0.677. The molecule has 0 fully saturated rings. The summed E-state index contributed by atoms with van der Waals surface area (Å²) >= 11 is 0. The predicted molar refractivity (Wildman–Crippen MR) is 96.5 cm³/mol. The molecule has 1 unspecified atom stereocenters. The van der Waals surface area contributed by atoms with Crippen LogP contribution in [-0.4, -0.2) is 13.7 Å². The van der Waals surface area contributed by atoms with Gasteiger partial charge in [0, 0.05) is 5.41 Å². The standard InChI is InChI=1S/C21H28O2/c1-6-16(2)15-23-20-13-9-18(10-14-20)21(3,4)17-7-11-19(22-5)12-8-17/h7-14,16H,6,15H2,1-5H3. The molecule has 0 spiro atoms. The van der Waals surface area contributed by atoms with E-state index in [1.165, 1.54) is 11.1 Å². The summed E-state index contributed by atoms with van der Waals surface area (Å²) < 4.78 is 11.1. The molecule has 1 atom stereocenters. The number of ether oxygens (including phenoxy) is 2. The molecule has 0 heterocycles. The van der Waals surface area contributed by atoms with Crippen LogP contribution in [0.5, 0.6) is 11.5 Å². The fourth-order valence-electron chi connectivity index (χ4n) is 2.50. The summed E-state index contributed by atoms with van der Waals surface area (Å²) in [6.45, 7) is 9.65. The second-order valence-electron chi connectivity index (χ2n) is 6.70. The largest absolute Gasteiger partial charge is 0.497 e. The number of methoxy groups -OCH3 is 1. The number of rotatable bonds is 7. The Hall–Kier alpha value is -1.96. The van der Waals surface area contributed by atoms with Crippen LogP contribution in [0, 0.1) is 5.92 Å². The Morgan fingerprint density at radius 2 is 1.35 bits per heavy atom. The summed E-state index contributed by atoms with van der Waals surface area (Å²) in [5, 5.41) is 0. The molecule has 0 saturated carbocycles. The Kier molecular flexibility index (Phi) is 5.70. The van der Waals surface area contributed by atoms with Crippen molar-refractivity contribution in [1.29, 1.82) is 0 Å². The third-order valence-corrected chi connectivity index (χ3v) is 4.62. The Balaban J connectivity index is 2.12. The summed E-state index contributed by atoms with van der Waals surface area (Å²) in [5.74, 6) is 2.42. The topological polar surface area (TPSA) is 18.5 Å². The maximum atomic E-state index is 5.85. The monoisotopic (exact) mass is 312 g/mol. The highest BCUT2D eigenvalue weighted by Crippen LogP contribution is 2.33. The third-order valence-electron chi connectivity index (χ3n) is 4.62. The van der Waals surface area contributed by atoms with Crippen LogP contribution in [0.1, 0.15) is 45.2 Å². The van der Waals surface area contributed by atoms with Gasteiger partial charge in [-0.3, -0.25) is 0 Å². The highest BCUT2D eigenvalue weighted by Gasteiger charge is 2.23. The smallest absolute Gasteiger partial charge is 0.119 e. The van der Waals surface area contributed by atoms with Gasteiger partial charge in [-0.25, -0.2) is 0 Å². The molecular weight excluding hydrogens is 284 g/mol. The second kappa shape index (κ2) is 7.54. The second-order valence-corrected chi connectivity index (χ2v) is 6.70. The van der Waals surface area contributed by atoms with Gasteiger partial charge in [0.2, 0.25) is 0 Å². The highest BCUT2D eigenvalue weighted by atomic mass is 16.5.